The molecule has 14 heavy (non-hydrogen) atoms. The molecule has 0 aromatic rings. The summed E-state index contributed by atoms with van der Waals surface area (Å²) in [6.45, 7) is 4.93. The SMILES string of the molecule is O=C1CCN(CC2CCCOC2)CC1. The van der Waals surface area contributed by atoms with Crippen LogP contribution < -0.4 is 0 Å². The predicted octanol–water partition coefficient (Wildman–Crippen LogP) is 1.08. The van der Waals surface area contributed by atoms with Crippen molar-refractivity contribution < 1.29 is 9.53 Å². The van der Waals surface area contributed by atoms with E-state index in [9.17, 15) is 4.79 Å². The second-order valence-electron chi connectivity index (χ2n) is 4.42. The monoisotopic (exact) mass is 197 g/mol. The summed E-state index contributed by atoms with van der Waals surface area (Å²) >= 11 is 0. The van der Waals surface area contributed by atoms with Crippen LogP contribution in [-0.4, -0.2) is 43.5 Å². The molecular formula is C11H19NO2. The first-order valence-electron chi connectivity index (χ1n) is 5.66. The van der Waals surface area contributed by atoms with E-state index in [2.05, 4.69) is 4.90 Å². The topological polar surface area (TPSA) is 29.5 Å². The van der Waals surface area contributed by atoms with Crippen LogP contribution in [0.3, 0.4) is 0 Å². The van der Waals surface area contributed by atoms with Gasteiger partial charge in [0.05, 0.1) is 6.61 Å². The minimum Gasteiger partial charge on any atom is -0.381 e. The summed E-state index contributed by atoms with van der Waals surface area (Å²) in [5.74, 6) is 1.14. The third-order valence-electron chi connectivity index (χ3n) is 3.18. The molecule has 2 heterocycles. The van der Waals surface area contributed by atoms with E-state index in [4.69, 9.17) is 4.74 Å². The Bertz CT molecular complexity index is 189. The Balaban J connectivity index is 1.71. The smallest absolute Gasteiger partial charge is 0.135 e. The number of hydrogen-bond donors (Lipinski definition) is 0. The molecule has 3 nitrogen and oxygen atoms in total. The van der Waals surface area contributed by atoms with Crippen LogP contribution in [0.1, 0.15) is 25.7 Å². The molecule has 0 aromatic carbocycles. The van der Waals surface area contributed by atoms with Crippen molar-refractivity contribution in [2.24, 2.45) is 5.92 Å². The maximum absolute atomic E-state index is 11.0. The van der Waals surface area contributed by atoms with Gasteiger partial charge in [0.25, 0.3) is 0 Å². The van der Waals surface area contributed by atoms with Gasteiger partial charge in [0.1, 0.15) is 5.78 Å². The van der Waals surface area contributed by atoms with Crippen molar-refractivity contribution in [1.82, 2.24) is 4.90 Å². The van der Waals surface area contributed by atoms with E-state index in [-0.39, 0.29) is 0 Å². The third-order valence-corrected chi connectivity index (χ3v) is 3.18. The molecule has 2 aliphatic heterocycles. The van der Waals surface area contributed by atoms with Crippen LogP contribution in [0.4, 0.5) is 0 Å². The second kappa shape index (κ2) is 4.89. The first-order chi connectivity index (χ1) is 6.84. The first kappa shape index (κ1) is 10.1. The Morgan fingerprint density at radius 2 is 2.14 bits per heavy atom. The van der Waals surface area contributed by atoms with Crippen molar-refractivity contribution in [2.75, 3.05) is 32.8 Å². The molecule has 0 N–H and O–H groups in total. The van der Waals surface area contributed by atoms with Gasteiger partial charge in [0, 0.05) is 39.1 Å². The maximum atomic E-state index is 11.0. The number of Topliss-reactive ketones (excluding diaryl/α,β-unsaturated/α-hetero) is 1. The molecular weight excluding hydrogens is 178 g/mol. The molecule has 0 aromatic heterocycles. The fourth-order valence-electron chi connectivity index (χ4n) is 2.30. The van der Waals surface area contributed by atoms with Gasteiger partial charge in [0.2, 0.25) is 0 Å². The van der Waals surface area contributed by atoms with Gasteiger partial charge in [-0.05, 0) is 18.8 Å². The average molecular weight is 197 g/mol. The van der Waals surface area contributed by atoms with Gasteiger partial charge in [-0.1, -0.05) is 0 Å². The van der Waals surface area contributed by atoms with Crippen LogP contribution in [0.25, 0.3) is 0 Å². The van der Waals surface area contributed by atoms with E-state index in [1.807, 2.05) is 0 Å². The number of ketones is 1. The lowest BCUT2D eigenvalue weighted by molar-refractivity contribution is -0.121. The van der Waals surface area contributed by atoms with Crippen molar-refractivity contribution in [3.63, 3.8) is 0 Å². The summed E-state index contributed by atoms with van der Waals surface area (Å²) in [7, 11) is 0. The molecule has 3 heteroatoms. The summed E-state index contributed by atoms with van der Waals surface area (Å²) < 4.78 is 5.45. The van der Waals surface area contributed by atoms with Crippen LogP contribution in [0.2, 0.25) is 0 Å². The molecule has 2 aliphatic rings. The Hall–Kier alpha value is -0.410. The number of ether oxygens (including phenoxy) is 1. The molecule has 2 fully saturated rings. The molecule has 2 rings (SSSR count). The molecule has 0 bridgehead atoms. The predicted molar refractivity (Wildman–Crippen MR) is 54.2 cm³/mol. The number of carbonyl (C=O) groups excluding carboxylic acids is 1. The minimum atomic E-state index is 0.432. The highest BCUT2D eigenvalue weighted by molar-refractivity contribution is 5.79. The fraction of sp³-hybridized carbons (Fsp3) is 0.909. The number of likely N-dealkylation sites (tertiary alicyclic amines) is 1. The molecule has 80 valence electrons. The Morgan fingerprint density at radius 1 is 1.36 bits per heavy atom. The number of hydrogen-bond acceptors (Lipinski definition) is 3. The van der Waals surface area contributed by atoms with Gasteiger partial charge in [-0.15, -0.1) is 0 Å². The zero-order chi connectivity index (χ0) is 9.80. The van der Waals surface area contributed by atoms with Crippen molar-refractivity contribution in [1.29, 1.82) is 0 Å². The maximum Gasteiger partial charge on any atom is 0.135 e. The fourth-order valence-corrected chi connectivity index (χ4v) is 2.30. The van der Waals surface area contributed by atoms with E-state index in [1.165, 1.54) is 12.8 Å². The van der Waals surface area contributed by atoms with E-state index in [0.29, 0.717) is 11.7 Å². The third kappa shape index (κ3) is 2.79. The van der Waals surface area contributed by atoms with Crippen molar-refractivity contribution >= 4 is 5.78 Å². The highest BCUT2D eigenvalue weighted by atomic mass is 16.5. The number of rotatable bonds is 2. The summed E-state index contributed by atoms with van der Waals surface area (Å²) in [5.41, 5.74) is 0. The summed E-state index contributed by atoms with van der Waals surface area (Å²) in [5, 5.41) is 0. The molecule has 1 unspecified atom stereocenters. The van der Waals surface area contributed by atoms with Crippen molar-refractivity contribution in [2.45, 2.75) is 25.7 Å². The molecule has 0 aliphatic carbocycles. The summed E-state index contributed by atoms with van der Waals surface area (Å²) in [6, 6.07) is 0. The highest BCUT2D eigenvalue weighted by Gasteiger charge is 2.21. The number of carbonyl (C=O) groups is 1. The quantitative estimate of drug-likeness (QED) is 0.663. The molecule has 0 saturated carbocycles. The molecule has 1 atom stereocenters. The van der Waals surface area contributed by atoms with Gasteiger partial charge in [0.15, 0.2) is 0 Å². The number of piperidine rings is 1. The lowest BCUT2D eigenvalue weighted by Gasteiger charge is -2.31. The van der Waals surface area contributed by atoms with Gasteiger partial charge in [-0.3, -0.25) is 4.79 Å². The standard InChI is InChI=1S/C11H19NO2/c13-11-3-5-12(6-4-11)8-10-2-1-7-14-9-10/h10H,1-9H2. The van der Waals surface area contributed by atoms with E-state index in [0.717, 1.165) is 45.7 Å². The van der Waals surface area contributed by atoms with Crippen LogP contribution >= 0.6 is 0 Å². The Morgan fingerprint density at radius 3 is 2.79 bits per heavy atom. The van der Waals surface area contributed by atoms with Gasteiger partial charge in [-0.25, -0.2) is 0 Å². The Kier molecular flexibility index (Phi) is 3.54. The zero-order valence-corrected chi connectivity index (χ0v) is 8.71. The van der Waals surface area contributed by atoms with E-state index < -0.39 is 0 Å². The molecule has 0 radical (unpaired) electrons. The Labute approximate surface area is 85.4 Å². The van der Waals surface area contributed by atoms with Crippen LogP contribution in [0.5, 0.6) is 0 Å². The zero-order valence-electron chi connectivity index (χ0n) is 8.71. The first-order valence-corrected chi connectivity index (χ1v) is 5.66. The van der Waals surface area contributed by atoms with Gasteiger partial charge in [-0.2, -0.15) is 0 Å². The van der Waals surface area contributed by atoms with Crippen LogP contribution in [-0.2, 0) is 9.53 Å². The lowest BCUT2D eigenvalue weighted by atomic mass is 10.00. The highest BCUT2D eigenvalue weighted by Crippen LogP contribution is 2.16. The largest absolute Gasteiger partial charge is 0.381 e. The second-order valence-corrected chi connectivity index (χ2v) is 4.42. The molecule has 2 saturated heterocycles. The van der Waals surface area contributed by atoms with Crippen molar-refractivity contribution in [3.8, 4) is 0 Å². The summed E-state index contributed by atoms with van der Waals surface area (Å²) in [4.78, 5) is 13.5. The number of nitrogens with zero attached hydrogens (tertiary/aromatic N) is 1. The summed E-state index contributed by atoms with van der Waals surface area (Å²) in [6.07, 6.45) is 4.02. The van der Waals surface area contributed by atoms with Crippen LogP contribution in [0, 0.1) is 5.92 Å². The van der Waals surface area contributed by atoms with E-state index >= 15 is 0 Å². The van der Waals surface area contributed by atoms with Crippen molar-refractivity contribution in [3.05, 3.63) is 0 Å². The van der Waals surface area contributed by atoms with Gasteiger partial charge < -0.3 is 9.64 Å². The lowest BCUT2D eigenvalue weighted by Crippen LogP contribution is -2.39. The molecule has 0 spiro atoms. The average Bonchev–Trinajstić information content (AvgIpc) is 2.23. The van der Waals surface area contributed by atoms with Gasteiger partial charge >= 0.3 is 0 Å². The molecule has 0 amide bonds. The minimum absolute atomic E-state index is 0.432. The van der Waals surface area contributed by atoms with Crippen LogP contribution in [0.15, 0.2) is 0 Å². The normalized spacial score (nSPS) is 30.6. The van der Waals surface area contributed by atoms with E-state index in [1.54, 1.807) is 0 Å².